The summed E-state index contributed by atoms with van der Waals surface area (Å²) < 4.78 is 2.05. The molecule has 1 amide bonds. The molecule has 0 spiro atoms. The van der Waals surface area contributed by atoms with E-state index < -0.39 is 0 Å². The summed E-state index contributed by atoms with van der Waals surface area (Å²) >= 11 is 1.47. The van der Waals surface area contributed by atoms with Gasteiger partial charge in [-0.3, -0.25) is 9.59 Å². The van der Waals surface area contributed by atoms with Gasteiger partial charge in [-0.2, -0.15) is 5.10 Å². The number of carbonyl (C=O) groups is 1. The molecule has 0 bridgehead atoms. The Morgan fingerprint density at radius 3 is 2.69 bits per heavy atom. The number of aromatic nitrogens is 3. The molecule has 1 fully saturated rings. The standard InChI is InChI=1S/C22H26N4O2S/c1-13-9-10-17(14(2)11-13)19-21-20(23-15(3)29-21)22(28)26(25-19)12-18(27)24-16-7-5-4-6-8-16/h9-11,16H,4-8,12H2,1-3H3,(H,24,27). The van der Waals surface area contributed by atoms with Gasteiger partial charge < -0.3 is 5.32 Å². The lowest BCUT2D eigenvalue weighted by Gasteiger charge is -2.22. The predicted molar refractivity (Wildman–Crippen MR) is 116 cm³/mol. The van der Waals surface area contributed by atoms with Gasteiger partial charge in [-0.25, -0.2) is 9.67 Å². The summed E-state index contributed by atoms with van der Waals surface area (Å²) in [7, 11) is 0. The molecule has 0 atom stereocenters. The van der Waals surface area contributed by atoms with Crippen LogP contribution in [0.25, 0.3) is 21.5 Å². The highest BCUT2D eigenvalue weighted by Crippen LogP contribution is 2.31. The summed E-state index contributed by atoms with van der Waals surface area (Å²) in [5.74, 6) is -0.163. The number of benzene rings is 1. The van der Waals surface area contributed by atoms with Crippen LogP contribution in [0.4, 0.5) is 0 Å². The average molecular weight is 411 g/mol. The Hall–Kier alpha value is -2.54. The molecule has 2 heterocycles. The van der Waals surface area contributed by atoms with Crippen molar-refractivity contribution in [3.05, 3.63) is 44.7 Å². The van der Waals surface area contributed by atoms with Crippen molar-refractivity contribution in [2.45, 2.75) is 65.5 Å². The summed E-state index contributed by atoms with van der Waals surface area (Å²) in [4.78, 5) is 30.0. The summed E-state index contributed by atoms with van der Waals surface area (Å²) in [6.45, 7) is 5.89. The van der Waals surface area contributed by atoms with Gasteiger partial charge in [0.25, 0.3) is 5.56 Å². The lowest BCUT2D eigenvalue weighted by molar-refractivity contribution is -0.122. The van der Waals surface area contributed by atoms with Crippen molar-refractivity contribution in [1.82, 2.24) is 20.1 Å². The number of amides is 1. The minimum Gasteiger partial charge on any atom is -0.352 e. The number of nitrogens with one attached hydrogen (secondary N) is 1. The zero-order valence-corrected chi connectivity index (χ0v) is 17.9. The van der Waals surface area contributed by atoms with Gasteiger partial charge in [-0.1, -0.05) is 43.0 Å². The molecule has 1 aliphatic carbocycles. The molecule has 0 unspecified atom stereocenters. The van der Waals surface area contributed by atoms with E-state index in [4.69, 9.17) is 0 Å². The number of carbonyl (C=O) groups excluding carboxylic acids is 1. The van der Waals surface area contributed by atoms with Crippen LogP contribution < -0.4 is 10.9 Å². The second kappa shape index (κ2) is 8.06. The molecule has 0 radical (unpaired) electrons. The Labute approximate surface area is 174 Å². The molecule has 2 aromatic heterocycles. The smallest absolute Gasteiger partial charge is 0.294 e. The van der Waals surface area contributed by atoms with Crippen LogP contribution in [0.15, 0.2) is 23.0 Å². The largest absolute Gasteiger partial charge is 0.352 e. The van der Waals surface area contributed by atoms with Crippen LogP contribution in [0, 0.1) is 20.8 Å². The normalized spacial score (nSPS) is 15.0. The van der Waals surface area contributed by atoms with Crippen molar-refractivity contribution in [2.24, 2.45) is 0 Å². The number of hydrogen-bond donors (Lipinski definition) is 1. The highest BCUT2D eigenvalue weighted by molar-refractivity contribution is 7.19. The first kappa shape index (κ1) is 19.8. The van der Waals surface area contributed by atoms with Crippen molar-refractivity contribution >= 4 is 27.5 Å². The highest BCUT2D eigenvalue weighted by Gasteiger charge is 2.20. The second-order valence-electron chi connectivity index (χ2n) is 7.94. The van der Waals surface area contributed by atoms with Gasteiger partial charge in [-0.05, 0) is 39.2 Å². The summed E-state index contributed by atoms with van der Waals surface area (Å²) in [5, 5.41) is 8.50. The first-order valence-corrected chi connectivity index (χ1v) is 11.0. The lowest BCUT2D eigenvalue weighted by atomic mass is 9.95. The first-order valence-electron chi connectivity index (χ1n) is 10.2. The van der Waals surface area contributed by atoms with Gasteiger partial charge in [0.15, 0.2) is 5.52 Å². The number of nitrogens with zero attached hydrogens (tertiary/aromatic N) is 3. The van der Waals surface area contributed by atoms with Crippen molar-refractivity contribution in [2.75, 3.05) is 0 Å². The van der Waals surface area contributed by atoms with Crippen LogP contribution in [0.2, 0.25) is 0 Å². The second-order valence-corrected chi connectivity index (χ2v) is 9.15. The molecule has 1 aliphatic rings. The number of thiazole rings is 1. The third kappa shape index (κ3) is 4.10. The number of rotatable bonds is 4. The molecular weight excluding hydrogens is 384 g/mol. The summed E-state index contributed by atoms with van der Waals surface area (Å²) in [5.41, 5.74) is 4.02. The van der Waals surface area contributed by atoms with E-state index in [9.17, 15) is 9.59 Å². The third-order valence-corrected chi connectivity index (χ3v) is 6.49. The zero-order chi connectivity index (χ0) is 20.5. The molecule has 29 heavy (non-hydrogen) atoms. The van der Waals surface area contributed by atoms with Gasteiger partial charge in [0, 0.05) is 11.6 Å². The average Bonchev–Trinajstić information content (AvgIpc) is 3.07. The Kier molecular flexibility index (Phi) is 5.50. The van der Waals surface area contributed by atoms with Crippen LogP contribution in [-0.2, 0) is 11.3 Å². The maximum absolute atomic E-state index is 13.0. The van der Waals surface area contributed by atoms with E-state index in [0.29, 0.717) is 11.2 Å². The van der Waals surface area contributed by atoms with E-state index in [-0.39, 0.29) is 24.1 Å². The molecule has 1 saturated carbocycles. The maximum Gasteiger partial charge on any atom is 0.294 e. The minimum absolute atomic E-state index is 0.0836. The minimum atomic E-state index is -0.309. The molecular formula is C22H26N4O2S. The molecule has 1 N–H and O–H groups in total. The molecule has 3 aromatic rings. The third-order valence-electron chi connectivity index (χ3n) is 5.51. The van der Waals surface area contributed by atoms with Crippen molar-refractivity contribution in [3.63, 3.8) is 0 Å². The van der Waals surface area contributed by atoms with Crippen LogP contribution in [0.1, 0.15) is 48.2 Å². The Morgan fingerprint density at radius 1 is 1.21 bits per heavy atom. The molecule has 0 aliphatic heterocycles. The fourth-order valence-electron chi connectivity index (χ4n) is 4.09. The lowest BCUT2D eigenvalue weighted by Crippen LogP contribution is -2.40. The highest BCUT2D eigenvalue weighted by atomic mass is 32.1. The number of hydrogen-bond acceptors (Lipinski definition) is 5. The quantitative estimate of drug-likeness (QED) is 0.708. The molecule has 152 valence electrons. The van der Waals surface area contributed by atoms with Crippen LogP contribution in [0.5, 0.6) is 0 Å². The van der Waals surface area contributed by atoms with Gasteiger partial charge in [0.2, 0.25) is 5.91 Å². The number of fused-ring (bicyclic) bond motifs is 1. The van der Waals surface area contributed by atoms with Gasteiger partial charge >= 0.3 is 0 Å². The molecule has 7 heteroatoms. The molecule has 1 aromatic carbocycles. The molecule has 4 rings (SSSR count). The summed E-state index contributed by atoms with van der Waals surface area (Å²) in [6, 6.07) is 6.37. The van der Waals surface area contributed by atoms with Gasteiger partial charge in [0.1, 0.15) is 12.2 Å². The topological polar surface area (TPSA) is 76.9 Å². The van der Waals surface area contributed by atoms with E-state index in [1.54, 1.807) is 0 Å². The number of aryl methyl sites for hydroxylation is 3. The fourth-order valence-corrected chi connectivity index (χ4v) is 4.99. The summed E-state index contributed by atoms with van der Waals surface area (Å²) in [6.07, 6.45) is 5.53. The van der Waals surface area contributed by atoms with Gasteiger partial charge in [-0.15, -0.1) is 11.3 Å². The fraction of sp³-hybridized carbons (Fsp3) is 0.455. The Morgan fingerprint density at radius 2 is 1.97 bits per heavy atom. The Balaban J connectivity index is 1.73. The van der Waals surface area contributed by atoms with Crippen LogP contribution >= 0.6 is 11.3 Å². The van der Waals surface area contributed by atoms with Crippen LogP contribution in [-0.4, -0.2) is 26.7 Å². The van der Waals surface area contributed by atoms with E-state index in [2.05, 4.69) is 21.5 Å². The molecule has 0 saturated heterocycles. The first-order chi connectivity index (χ1) is 13.9. The van der Waals surface area contributed by atoms with Crippen molar-refractivity contribution in [3.8, 4) is 11.3 Å². The van der Waals surface area contributed by atoms with E-state index in [1.807, 2.05) is 32.9 Å². The maximum atomic E-state index is 13.0. The van der Waals surface area contributed by atoms with E-state index in [1.165, 1.54) is 28.0 Å². The van der Waals surface area contributed by atoms with Crippen molar-refractivity contribution in [1.29, 1.82) is 0 Å². The van der Waals surface area contributed by atoms with Crippen LogP contribution in [0.3, 0.4) is 0 Å². The SMILES string of the molecule is Cc1ccc(-c2nn(CC(=O)NC3CCCCC3)c(=O)c3nc(C)sc23)c(C)c1. The predicted octanol–water partition coefficient (Wildman–Crippen LogP) is 3.89. The van der Waals surface area contributed by atoms with Gasteiger partial charge in [0.05, 0.1) is 9.71 Å². The van der Waals surface area contributed by atoms with E-state index in [0.717, 1.165) is 46.5 Å². The zero-order valence-electron chi connectivity index (χ0n) is 17.1. The Bertz CT molecular complexity index is 1130. The monoisotopic (exact) mass is 410 g/mol. The van der Waals surface area contributed by atoms with E-state index >= 15 is 0 Å². The molecule has 6 nitrogen and oxygen atoms in total. The van der Waals surface area contributed by atoms with Crippen molar-refractivity contribution < 1.29 is 4.79 Å².